The lowest BCUT2D eigenvalue weighted by molar-refractivity contribution is -0.180. The van der Waals surface area contributed by atoms with Crippen LogP contribution in [0.5, 0.6) is 0 Å². The van der Waals surface area contributed by atoms with E-state index in [1.807, 2.05) is 13.8 Å². The summed E-state index contributed by atoms with van der Waals surface area (Å²) in [5.41, 5.74) is 8.16. The highest BCUT2D eigenvalue weighted by Crippen LogP contribution is 2.32. The summed E-state index contributed by atoms with van der Waals surface area (Å²) < 4.78 is 5.68. The van der Waals surface area contributed by atoms with Crippen molar-refractivity contribution in [3.05, 3.63) is 10.4 Å². The van der Waals surface area contributed by atoms with Crippen LogP contribution in [0.25, 0.3) is 10.4 Å². The van der Waals surface area contributed by atoms with Crippen molar-refractivity contribution in [2.45, 2.75) is 45.0 Å². The molecule has 17 heavy (non-hydrogen) atoms. The molecular formula is C11H21N3O3. The van der Waals surface area contributed by atoms with E-state index in [4.69, 9.17) is 10.3 Å². The Hall–Kier alpha value is -0.810. The Kier molecular flexibility index (Phi) is 5.71. The summed E-state index contributed by atoms with van der Waals surface area (Å²) in [6.07, 6.45) is 0.336. The molecule has 0 bridgehead atoms. The molecule has 5 atom stereocenters. The Morgan fingerprint density at radius 2 is 2.00 bits per heavy atom. The highest BCUT2D eigenvalue weighted by Gasteiger charge is 2.39. The summed E-state index contributed by atoms with van der Waals surface area (Å²) in [7, 11) is 0. The van der Waals surface area contributed by atoms with Crippen LogP contribution in [-0.2, 0) is 4.74 Å². The van der Waals surface area contributed by atoms with Gasteiger partial charge in [-0.2, -0.15) is 0 Å². The summed E-state index contributed by atoms with van der Waals surface area (Å²) >= 11 is 0. The smallest absolute Gasteiger partial charge is 0.0841 e. The van der Waals surface area contributed by atoms with Crippen molar-refractivity contribution in [1.29, 1.82) is 0 Å². The molecule has 0 saturated carbocycles. The molecule has 2 unspecified atom stereocenters. The predicted octanol–water partition coefficient (Wildman–Crippen LogP) is 1.47. The molecule has 1 saturated heterocycles. The molecule has 0 aromatic rings. The predicted molar refractivity (Wildman–Crippen MR) is 63.3 cm³/mol. The SMILES string of the molecule is C[C@@H]1C(CO)O[C@H](CCCN=[N+]=[N-])C(O)[C@H]1C. The highest BCUT2D eigenvalue weighted by molar-refractivity contribution is 4.87. The summed E-state index contributed by atoms with van der Waals surface area (Å²) in [5, 5.41) is 22.7. The van der Waals surface area contributed by atoms with Crippen LogP contribution < -0.4 is 0 Å². The fourth-order valence-corrected chi connectivity index (χ4v) is 2.27. The lowest BCUT2D eigenvalue weighted by Crippen LogP contribution is -2.50. The average molecular weight is 243 g/mol. The van der Waals surface area contributed by atoms with Gasteiger partial charge in [0.25, 0.3) is 0 Å². The molecule has 1 fully saturated rings. The fourth-order valence-electron chi connectivity index (χ4n) is 2.27. The van der Waals surface area contributed by atoms with Crippen LogP contribution in [0, 0.1) is 11.8 Å². The van der Waals surface area contributed by atoms with Gasteiger partial charge in [-0.25, -0.2) is 0 Å². The summed E-state index contributed by atoms with van der Waals surface area (Å²) in [4.78, 5) is 2.68. The van der Waals surface area contributed by atoms with E-state index < -0.39 is 6.10 Å². The Balaban J connectivity index is 2.50. The first kappa shape index (κ1) is 14.3. The third-order valence-electron chi connectivity index (χ3n) is 3.67. The third kappa shape index (κ3) is 3.57. The number of aliphatic hydroxyl groups is 2. The van der Waals surface area contributed by atoms with Gasteiger partial charge in [0.1, 0.15) is 0 Å². The number of ether oxygens (including phenoxy) is 1. The number of hydrogen-bond acceptors (Lipinski definition) is 4. The normalized spacial score (nSPS) is 37.5. The molecule has 1 aliphatic heterocycles. The van der Waals surface area contributed by atoms with Crippen molar-refractivity contribution >= 4 is 0 Å². The molecule has 0 spiro atoms. The zero-order chi connectivity index (χ0) is 12.8. The highest BCUT2D eigenvalue weighted by atomic mass is 16.5. The minimum atomic E-state index is -0.515. The number of hydrogen-bond donors (Lipinski definition) is 2. The number of rotatable bonds is 5. The van der Waals surface area contributed by atoms with Gasteiger partial charge in [-0.3, -0.25) is 0 Å². The molecule has 98 valence electrons. The largest absolute Gasteiger partial charge is 0.394 e. The second-order valence-electron chi connectivity index (χ2n) is 4.70. The average Bonchev–Trinajstić information content (AvgIpc) is 2.34. The Morgan fingerprint density at radius 1 is 1.29 bits per heavy atom. The second-order valence-corrected chi connectivity index (χ2v) is 4.70. The first-order valence-electron chi connectivity index (χ1n) is 6.07. The Morgan fingerprint density at radius 3 is 2.59 bits per heavy atom. The summed E-state index contributed by atoms with van der Waals surface area (Å²) in [6, 6.07) is 0. The maximum Gasteiger partial charge on any atom is 0.0841 e. The first-order valence-corrected chi connectivity index (χ1v) is 6.07. The van der Waals surface area contributed by atoms with E-state index in [0.717, 1.165) is 0 Å². The Bertz CT molecular complexity index is 279. The molecule has 1 aliphatic rings. The van der Waals surface area contributed by atoms with Gasteiger partial charge in [0.2, 0.25) is 0 Å². The van der Waals surface area contributed by atoms with Gasteiger partial charge in [-0.15, -0.1) is 0 Å². The molecule has 0 aliphatic carbocycles. The van der Waals surface area contributed by atoms with Gasteiger partial charge >= 0.3 is 0 Å². The van der Waals surface area contributed by atoms with E-state index in [0.29, 0.717) is 19.4 Å². The van der Waals surface area contributed by atoms with Crippen molar-refractivity contribution in [1.82, 2.24) is 0 Å². The maximum absolute atomic E-state index is 10.1. The molecule has 0 radical (unpaired) electrons. The van der Waals surface area contributed by atoms with Crippen LogP contribution >= 0.6 is 0 Å². The van der Waals surface area contributed by atoms with Gasteiger partial charge in [0.15, 0.2) is 0 Å². The number of nitrogens with zero attached hydrogens (tertiary/aromatic N) is 3. The fraction of sp³-hybridized carbons (Fsp3) is 1.00. The van der Waals surface area contributed by atoms with E-state index in [2.05, 4.69) is 10.0 Å². The van der Waals surface area contributed by atoms with E-state index in [-0.39, 0.29) is 30.7 Å². The van der Waals surface area contributed by atoms with Crippen LogP contribution in [0.3, 0.4) is 0 Å². The summed E-state index contributed by atoms with van der Waals surface area (Å²) in [5.74, 6) is 0.244. The monoisotopic (exact) mass is 243 g/mol. The lowest BCUT2D eigenvalue weighted by atomic mass is 9.80. The lowest BCUT2D eigenvalue weighted by Gasteiger charge is -2.42. The molecule has 2 N–H and O–H groups in total. The van der Waals surface area contributed by atoms with E-state index in [1.165, 1.54) is 0 Å². The molecule has 1 rings (SSSR count). The minimum Gasteiger partial charge on any atom is -0.394 e. The maximum atomic E-state index is 10.1. The molecule has 0 aromatic heterocycles. The minimum absolute atomic E-state index is 0.0227. The van der Waals surface area contributed by atoms with E-state index in [1.54, 1.807) is 0 Å². The quantitative estimate of drug-likeness (QED) is 0.331. The van der Waals surface area contributed by atoms with Crippen LogP contribution in [0.2, 0.25) is 0 Å². The van der Waals surface area contributed by atoms with Gasteiger partial charge in [-0.05, 0) is 30.2 Å². The van der Waals surface area contributed by atoms with E-state index in [9.17, 15) is 10.2 Å². The topological polar surface area (TPSA) is 98.5 Å². The van der Waals surface area contributed by atoms with Crippen LogP contribution in [0.15, 0.2) is 5.11 Å². The van der Waals surface area contributed by atoms with Crippen molar-refractivity contribution < 1.29 is 14.9 Å². The van der Waals surface area contributed by atoms with Crippen molar-refractivity contribution in [2.75, 3.05) is 13.2 Å². The van der Waals surface area contributed by atoms with Crippen molar-refractivity contribution in [3.8, 4) is 0 Å². The molecule has 6 heteroatoms. The molecular weight excluding hydrogens is 222 g/mol. The number of aliphatic hydroxyl groups excluding tert-OH is 2. The van der Waals surface area contributed by atoms with Gasteiger partial charge in [0, 0.05) is 11.5 Å². The second kappa shape index (κ2) is 6.81. The first-order chi connectivity index (χ1) is 8.11. The number of azide groups is 1. The van der Waals surface area contributed by atoms with E-state index >= 15 is 0 Å². The van der Waals surface area contributed by atoms with Crippen LogP contribution in [0.1, 0.15) is 26.7 Å². The van der Waals surface area contributed by atoms with Crippen LogP contribution in [0.4, 0.5) is 0 Å². The van der Waals surface area contributed by atoms with Gasteiger partial charge < -0.3 is 14.9 Å². The summed E-state index contributed by atoms with van der Waals surface area (Å²) in [6.45, 7) is 4.34. The molecule has 0 amide bonds. The van der Waals surface area contributed by atoms with Gasteiger partial charge in [-0.1, -0.05) is 19.0 Å². The third-order valence-corrected chi connectivity index (χ3v) is 3.67. The molecule has 1 heterocycles. The van der Waals surface area contributed by atoms with Crippen molar-refractivity contribution in [3.63, 3.8) is 0 Å². The van der Waals surface area contributed by atoms with Gasteiger partial charge in [0.05, 0.1) is 24.9 Å². The zero-order valence-electron chi connectivity index (χ0n) is 10.4. The Labute approximate surface area is 101 Å². The zero-order valence-corrected chi connectivity index (χ0v) is 10.4. The molecule has 0 aromatic carbocycles. The standard InChI is InChI=1S/C11H21N3O3/c1-7-8(2)11(16)9(17-10(7)6-15)4-3-5-13-14-12/h7-11,15-16H,3-6H2,1-2H3/t7-,8-,9+,10?,11?/m0/s1. The molecule has 6 nitrogen and oxygen atoms in total. The van der Waals surface area contributed by atoms with Crippen LogP contribution in [-0.4, -0.2) is 41.7 Å². The van der Waals surface area contributed by atoms with Crippen molar-refractivity contribution in [2.24, 2.45) is 17.0 Å².